The summed E-state index contributed by atoms with van der Waals surface area (Å²) in [6, 6.07) is 2.55. The Balaban J connectivity index is 2.83. The molecular formula is C13H16O5S. The van der Waals surface area contributed by atoms with Crippen LogP contribution in [0.2, 0.25) is 0 Å². The summed E-state index contributed by atoms with van der Waals surface area (Å²) in [5, 5.41) is 19.4. The van der Waals surface area contributed by atoms with E-state index in [0.29, 0.717) is 5.56 Å². The molecule has 104 valence electrons. The highest BCUT2D eigenvalue weighted by molar-refractivity contribution is 7.91. The van der Waals surface area contributed by atoms with E-state index in [4.69, 9.17) is 5.11 Å². The Kier molecular flexibility index (Phi) is 2.98. The summed E-state index contributed by atoms with van der Waals surface area (Å²) in [6.45, 7) is 4.85. The standard InChI is InChI=1S/C13H16O5S/c1-7-8(12(15)16)4-5-9-10(7)11(14)13(2,3)6-19(9,17)18/h4-5,11,14H,6H2,1-3H3,(H,15,16). The van der Waals surface area contributed by atoms with E-state index >= 15 is 0 Å². The number of aromatic carboxylic acids is 1. The highest BCUT2D eigenvalue weighted by Gasteiger charge is 2.43. The Morgan fingerprint density at radius 3 is 2.47 bits per heavy atom. The summed E-state index contributed by atoms with van der Waals surface area (Å²) in [5.41, 5.74) is -0.288. The van der Waals surface area contributed by atoms with Gasteiger partial charge in [-0.25, -0.2) is 13.2 Å². The summed E-state index contributed by atoms with van der Waals surface area (Å²) in [7, 11) is -3.50. The van der Waals surface area contributed by atoms with E-state index in [9.17, 15) is 18.3 Å². The maximum Gasteiger partial charge on any atom is 0.335 e. The monoisotopic (exact) mass is 284 g/mol. The summed E-state index contributed by atoms with van der Waals surface area (Å²) in [4.78, 5) is 11.1. The van der Waals surface area contributed by atoms with Crippen LogP contribution in [0.1, 0.15) is 41.4 Å². The SMILES string of the molecule is Cc1c(C(=O)O)ccc2c1C(O)C(C)(C)CS2(=O)=O. The van der Waals surface area contributed by atoms with Crippen LogP contribution in [0, 0.1) is 12.3 Å². The topological polar surface area (TPSA) is 91.7 Å². The fourth-order valence-corrected chi connectivity index (χ4v) is 4.75. The molecule has 2 rings (SSSR count). The molecule has 0 aromatic heterocycles. The van der Waals surface area contributed by atoms with E-state index in [0.717, 1.165) is 0 Å². The average molecular weight is 284 g/mol. The highest BCUT2D eigenvalue weighted by atomic mass is 32.2. The van der Waals surface area contributed by atoms with Gasteiger partial charge in [0.2, 0.25) is 0 Å². The molecule has 1 aliphatic rings. The van der Waals surface area contributed by atoms with Crippen molar-refractivity contribution in [2.75, 3.05) is 5.75 Å². The number of hydrogen-bond donors (Lipinski definition) is 2. The van der Waals surface area contributed by atoms with Gasteiger partial charge in [0.15, 0.2) is 9.84 Å². The van der Waals surface area contributed by atoms with Gasteiger partial charge >= 0.3 is 5.97 Å². The number of rotatable bonds is 1. The lowest BCUT2D eigenvalue weighted by atomic mass is 9.81. The minimum absolute atomic E-state index is 0.0192. The maximum atomic E-state index is 12.2. The fraction of sp³-hybridized carbons (Fsp3) is 0.462. The van der Waals surface area contributed by atoms with Crippen LogP contribution in [0.5, 0.6) is 0 Å². The molecule has 1 heterocycles. The van der Waals surface area contributed by atoms with Crippen molar-refractivity contribution >= 4 is 15.8 Å². The number of carboxylic acids is 1. The van der Waals surface area contributed by atoms with E-state index < -0.39 is 27.3 Å². The Morgan fingerprint density at radius 1 is 1.37 bits per heavy atom. The second-order valence-corrected chi connectivity index (χ2v) is 7.56. The Bertz CT molecular complexity index is 658. The molecule has 0 aliphatic carbocycles. The predicted octanol–water partition coefficient (Wildman–Crippen LogP) is 1.54. The van der Waals surface area contributed by atoms with E-state index in [-0.39, 0.29) is 21.8 Å². The number of aliphatic hydroxyl groups excluding tert-OH is 1. The molecule has 0 fully saturated rings. The number of hydrogen-bond acceptors (Lipinski definition) is 4. The van der Waals surface area contributed by atoms with E-state index in [1.807, 2.05) is 0 Å². The van der Waals surface area contributed by atoms with Gasteiger partial charge in [-0.2, -0.15) is 0 Å². The van der Waals surface area contributed by atoms with Crippen molar-refractivity contribution in [2.24, 2.45) is 5.41 Å². The maximum absolute atomic E-state index is 12.2. The third kappa shape index (κ3) is 2.04. The molecule has 1 unspecified atom stereocenters. The van der Waals surface area contributed by atoms with Crippen LogP contribution < -0.4 is 0 Å². The van der Waals surface area contributed by atoms with Gasteiger partial charge in [-0.05, 0) is 24.6 Å². The molecule has 0 saturated heterocycles. The fourth-order valence-electron chi connectivity index (χ4n) is 2.58. The normalized spacial score (nSPS) is 23.7. The first-order chi connectivity index (χ1) is 8.58. The van der Waals surface area contributed by atoms with Crippen LogP contribution in [0.15, 0.2) is 17.0 Å². The number of benzene rings is 1. The summed E-state index contributed by atoms with van der Waals surface area (Å²) in [5.74, 6) is -1.28. The van der Waals surface area contributed by atoms with Crippen LogP contribution >= 0.6 is 0 Å². The van der Waals surface area contributed by atoms with Crippen molar-refractivity contribution < 1.29 is 23.4 Å². The van der Waals surface area contributed by atoms with Crippen molar-refractivity contribution in [3.05, 3.63) is 28.8 Å². The number of fused-ring (bicyclic) bond motifs is 1. The van der Waals surface area contributed by atoms with E-state index in [1.165, 1.54) is 19.1 Å². The second-order valence-electron chi connectivity index (χ2n) is 5.61. The van der Waals surface area contributed by atoms with Gasteiger partial charge in [-0.15, -0.1) is 0 Å². The zero-order valence-electron chi connectivity index (χ0n) is 11.0. The van der Waals surface area contributed by atoms with Crippen molar-refractivity contribution in [3.63, 3.8) is 0 Å². The van der Waals surface area contributed by atoms with Crippen LogP contribution in [0.4, 0.5) is 0 Å². The third-order valence-electron chi connectivity index (χ3n) is 3.62. The quantitative estimate of drug-likeness (QED) is 0.816. The molecule has 0 radical (unpaired) electrons. The third-order valence-corrected chi connectivity index (χ3v) is 5.77. The zero-order chi connectivity index (χ0) is 14.6. The molecule has 1 aromatic carbocycles. The van der Waals surface area contributed by atoms with Crippen LogP contribution in [-0.2, 0) is 9.84 Å². The molecule has 6 heteroatoms. The molecule has 0 bridgehead atoms. The number of sulfone groups is 1. The lowest BCUT2D eigenvalue weighted by molar-refractivity contribution is 0.0574. The zero-order valence-corrected chi connectivity index (χ0v) is 11.8. The average Bonchev–Trinajstić information content (AvgIpc) is 2.24. The van der Waals surface area contributed by atoms with Crippen molar-refractivity contribution in [3.8, 4) is 0 Å². The molecule has 0 spiro atoms. The number of carboxylic acid groups (broad SMARTS) is 1. The smallest absolute Gasteiger partial charge is 0.335 e. The van der Waals surface area contributed by atoms with Crippen LogP contribution in [0.25, 0.3) is 0 Å². The van der Waals surface area contributed by atoms with Gasteiger partial charge in [0.05, 0.1) is 22.3 Å². The first-order valence-corrected chi connectivity index (χ1v) is 7.51. The van der Waals surface area contributed by atoms with Crippen molar-refractivity contribution in [1.29, 1.82) is 0 Å². The Labute approximate surface area is 111 Å². The van der Waals surface area contributed by atoms with Crippen molar-refractivity contribution in [1.82, 2.24) is 0 Å². The van der Waals surface area contributed by atoms with Gasteiger partial charge in [-0.3, -0.25) is 0 Å². The molecule has 0 amide bonds. The first kappa shape index (κ1) is 14.0. The summed E-state index contributed by atoms with van der Waals surface area (Å²) >= 11 is 0. The lowest BCUT2D eigenvalue weighted by Gasteiger charge is -2.37. The molecule has 2 N–H and O–H groups in total. The van der Waals surface area contributed by atoms with Crippen LogP contribution in [0.3, 0.4) is 0 Å². The Morgan fingerprint density at radius 2 is 1.95 bits per heavy atom. The first-order valence-electron chi connectivity index (χ1n) is 5.85. The van der Waals surface area contributed by atoms with Gasteiger partial charge < -0.3 is 10.2 Å². The minimum atomic E-state index is -3.50. The van der Waals surface area contributed by atoms with Gasteiger partial charge in [0, 0.05) is 11.0 Å². The van der Waals surface area contributed by atoms with Gasteiger partial charge in [-0.1, -0.05) is 13.8 Å². The second kappa shape index (κ2) is 4.05. The highest BCUT2D eigenvalue weighted by Crippen LogP contribution is 2.45. The number of carbonyl (C=O) groups is 1. The summed E-state index contributed by atoms with van der Waals surface area (Å²) < 4.78 is 24.4. The molecule has 1 atom stereocenters. The van der Waals surface area contributed by atoms with E-state index in [2.05, 4.69) is 0 Å². The molecule has 1 aromatic rings. The molecule has 5 nitrogen and oxygen atoms in total. The van der Waals surface area contributed by atoms with Gasteiger partial charge in [0.25, 0.3) is 0 Å². The van der Waals surface area contributed by atoms with E-state index in [1.54, 1.807) is 13.8 Å². The van der Waals surface area contributed by atoms with Crippen molar-refractivity contribution in [2.45, 2.75) is 31.8 Å². The Hall–Kier alpha value is -1.40. The minimum Gasteiger partial charge on any atom is -0.478 e. The number of aliphatic hydroxyl groups is 1. The molecule has 19 heavy (non-hydrogen) atoms. The lowest BCUT2D eigenvalue weighted by Crippen LogP contribution is -2.37. The summed E-state index contributed by atoms with van der Waals surface area (Å²) in [6.07, 6.45) is -0.995. The van der Waals surface area contributed by atoms with Crippen LogP contribution in [-0.4, -0.2) is 30.4 Å². The molecule has 1 aliphatic heterocycles. The molecular weight excluding hydrogens is 268 g/mol. The largest absolute Gasteiger partial charge is 0.478 e. The molecule has 0 saturated carbocycles. The van der Waals surface area contributed by atoms with Gasteiger partial charge in [0.1, 0.15) is 0 Å². The predicted molar refractivity (Wildman–Crippen MR) is 68.9 cm³/mol.